The quantitative estimate of drug-likeness (QED) is 0.438. The third-order valence-corrected chi connectivity index (χ3v) is 5.92. The molecule has 1 amide bonds. The Labute approximate surface area is 185 Å². The Morgan fingerprint density at radius 1 is 1.19 bits per heavy atom. The molecule has 0 atom stereocenters. The summed E-state index contributed by atoms with van der Waals surface area (Å²) >= 11 is 0. The largest absolute Gasteiger partial charge is 0.511 e. The van der Waals surface area contributed by atoms with Gasteiger partial charge in [-0.05, 0) is 60.4 Å². The molecule has 0 saturated heterocycles. The number of carbonyl (C=O) groups excluding carboxylic acids is 1. The van der Waals surface area contributed by atoms with Crippen LogP contribution < -0.4 is 15.6 Å². The number of carboxylic acid groups (broad SMARTS) is 1. The first-order chi connectivity index (χ1) is 15.3. The predicted octanol–water partition coefficient (Wildman–Crippen LogP) is 4.46. The lowest BCUT2D eigenvalue weighted by Crippen LogP contribution is -2.38. The molecule has 0 bridgehead atoms. The molecule has 8 heteroatoms. The van der Waals surface area contributed by atoms with E-state index >= 15 is 0 Å². The van der Waals surface area contributed by atoms with Crippen LogP contribution in [0.4, 0.5) is 9.59 Å². The van der Waals surface area contributed by atoms with E-state index in [1.165, 1.54) is 6.07 Å². The maximum absolute atomic E-state index is 13.2. The van der Waals surface area contributed by atoms with Gasteiger partial charge in [-0.2, -0.15) is 4.68 Å². The molecule has 0 unspecified atom stereocenters. The van der Waals surface area contributed by atoms with Crippen molar-refractivity contribution in [3.05, 3.63) is 63.4 Å². The summed E-state index contributed by atoms with van der Waals surface area (Å²) in [6.45, 7) is 6.92. The minimum Gasteiger partial charge on any atom is -0.449 e. The highest BCUT2D eigenvalue weighted by atomic mass is 16.7. The van der Waals surface area contributed by atoms with E-state index in [0.717, 1.165) is 34.2 Å². The molecular formula is C24H27N3O5. The minimum absolute atomic E-state index is 0.0419. The van der Waals surface area contributed by atoms with Crippen LogP contribution in [0.3, 0.4) is 0 Å². The smallest absolute Gasteiger partial charge is 0.449 e. The van der Waals surface area contributed by atoms with Crippen LogP contribution in [0.5, 0.6) is 5.75 Å². The van der Waals surface area contributed by atoms with Crippen molar-refractivity contribution in [2.75, 3.05) is 0 Å². The Balaban J connectivity index is 1.74. The zero-order chi connectivity index (χ0) is 23.0. The Morgan fingerprint density at radius 2 is 1.91 bits per heavy atom. The monoisotopic (exact) mass is 437 g/mol. The van der Waals surface area contributed by atoms with E-state index in [4.69, 9.17) is 9.84 Å². The third-order valence-electron chi connectivity index (χ3n) is 5.92. The van der Waals surface area contributed by atoms with Crippen molar-refractivity contribution in [1.29, 1.82) is 0 Å². The normalized spacial score (nSPS) is 13.5. The van der Waals surface area contributed by atoms with Crippen molar-refractivity contribution in [1.82, 2.24) is 14.7 Å². The van der Waals surface area contributed by atoms with Gasteiger partial charge in [0.25, 0.3) is 5.56 Å². The molecule has 3 aromatic rings. The Hall–Kier alpha value is -3.55. The van der Waals surface area contributed by atoms with E-state index in [9.17, 15) is 14.4 Å². The number of ether oxygens (including phenoxy) is 1. The topological polar surface area (TPSA) is 103 Å². The maximum atomic E-state index is 13.2. The molecule has 1 aliphatic rings. The number of fused-ring (bicyclic) bond motifs is 1. The first kappa shape index (κ1) is 21.7. The van der Waals surface area contributed by atoms with Crippen LogP contribution in [-0.2, 0) is 13.1 Å². The Kier molecular flexibility index (Phi) is 5.78. The zero-order valence-electron chi connectivity index (χ0n) is 18.4. The number of hydrogen-bond acceptors (Lipinski definition) is 4. The lowest BCUT2D eigenvalue weighted by atomic mass is 9.94. The number of nitrogens with one attached hydrogen (secondary N) is 1. The second-order valence-electron chi connectivity index (χ2n) is 8.62. The molecule has 8 nitrogen and oxygen atoms in total. The van der Waals surface area contributed by atoms with E-state index in [0.29, 0.717) is 23.9 Å². The molecule has 1 aromatic heterocycles. The van der Waals surface area contributed by atoms with Crippen molar-refractivity contribution in [3.8, 4) is 5.75 Å². The van der Waals surface area contributed by atoms with Crippen molar-refractivity contribution >= 4 is 23.1 Å². The van der Waals surface area contributed by atoms with Gasteiger partial charge < -0.3 is 15.2 Å². The number of para-hydroxylation sites is 1. The van der Waals surface area contributed by atoms with Gasteiger partial charge in [-0.3, -0.25) is 9.48 Å². The van der Waals surface area contributed by atoms with Gasteiger partial charge in [-0.25, -0.2) is 9.59 Å². The number of carbonyl (C=O) groups is 2. The fraction of sp³-hybridized carbons (Fsp3) is 0.375. The minimum atomic E-state index is -1.47. The molecule has 0 spiro atoms. The highest BCUT2D eigenvalue weighted by Crippen LogP contribution is 2.33. The van der Waals surface area contributed by atoms with Gasteiger partial charge >= 0.3 is 12.2 Å². The summed E-state index contributed by atoms with van der Waals surface area (Å²) in [7, 11) is 0. The average molecular weight is 437 g/mol. The number of rotatable bonds is 6. The zero-order valence-corrected chi connectivity index (χ0v) is 18.4. The van der Waals surface area contributed by atoms with Crippen molar-refractivity contribution in [2.45, 2.75) is 52.6 Å². The summed E-state index contributed by atoms with van der Waals surface area (Å²) in [5, 5.41) is 12.3. The van der Waals surface area contributed by atoms with Gasteiger partial charge in [0.2, 0.25) is 0 Å². The van der Waals surface area contributed by atoms with Crippen LogP contribution in [0.25, 0.3) is 10.9 Å². The van der Waals surface area contributed by atoms with E-state index in [2.05, 4.69) is 19.2 Å². The lowest BCUT2D eigenvalue weighted by molar-refractivity contribution is 0.145. The third kappa shape index (κ3) is 4.12. The SMILES string of the molecule is Cc1cccc(C(C)C)c1CNC(=O)n1c(=O)c2cccc(OC(=O)O)c2n1CC1CC1. The first-order valence-electron chi connectivity index (χ1n) is 10.8. The molecule has 1 saturated carbocycles. The summed E-state index contributed by atoms with van der Waals surface area (Å²) < 4.78 is 7.55. The van der Waals surface area contributed by atoms with E-state index in [1.807, 2.05) is 25.1 Å². The summed E-state index contributed by atoms with van der Waals surface area (Å²) in [4.78, 5) is 37.6. The Morgan fingerprint density at radius 3 is 2.56 bits per heavy atom. The van der Waals surface area contributed by atoms with E-state index < -0.39 is 17.7 Å². The number of aryl methyl sites for hydroxylation is 1. The summed E-state index contributed by atoms with van der Waals surface area (Å²) in [5.74, 6) is 0.674. The standard InChI is InChI=1S/C24H27N3O5/c1-14(2)17-7-4-6-15(3)19(17)12-25-23(29)27-22(28)18-8-5-9-20(32-24(30)31)21(18)26(27)13-16-10-11-16/h4-9,14,16H,10-13H2,1-3H3,(H,25,29)(H,30,31). The van der Waals surface area contributed by atoms with Gasteiger partial charge in [0.15, 0.2) is 5.75 Å². The van der Waals surface area contributed by atoms with Crippen molar-refractivity contribution < 1.29 is 19.4 Å². The Bertz CT molecular complexity index is 1250. The molecule has 1 heterocycles. The molecule has 0 radical (unpaired) electrons. The van der Waals surface area contributed by atoms with Crippen LogP contribution in [0, 0.1) is 12.8 Å². The lowest BCUT2D eigenvalue weighted by Gasteiger charge is -2.17. The fourth-order valence-electron chi connectivity index (χ4n) is 4.13. The van der Waals surface area contributed by atoms with Gasteiger partial charge in [0.05, 0.1) is 5.39 Å². The second-order valence-corrected chi connectivity index (χ2v) is 8.62. The number of hydrogen-bond donors (Lipinski definition) is 2. The van der Waals surface area contributed by atoms with E-state index in [-0.39, 0.29) is 17.7 Å². The molecule has 1 aliphatic carbocycles. The average Bonchev–Trinajstić information content (AvgIpc) is 3.50. The van der Waals surface area contributed by atoms with Gasteiger partial charge in [-0.15, -0.1) is 0 Å². The molecule has 2 N–H and O–H groups in total. The van der Waals surface area contributed by atoms with Gasteiger partial charge in [0, 0.05) is 13.1 Å². The number of nitrogens with zero attached hydrogens (tertiary/aromatic N) is 2. The summed E-state index contributed by atoms with van der Waals surface area (Å²) in [6.07, 6.45) is 0.525. The van der Waals surface area contributed by atoms with Crippen LogP contribution >= 0.6 is 0 Å². The maximum Gasteiger partial charge on any atom is 0.511 e. The van der Waals surface area contributed by atoms with Crippen molar-refractivity contribution in [2.24, 2.45) is 5.92 Å². The molecule has 32 heavy (non-hydrogen) atoms. The van der Waals surface area contributed by atoms with Gasteiger partial charge in [-0.1, -0.05) is 38.1 Å². The van der Waals surface area contributed by atoms with Crippen LogP contribution in [-0.4, -0.2) is 26.7 Å². The number of benzene rings is 2. The molecule has 0 aliphatic heterocycles. The molecule has 1 fully saturated rings. The highest BCUT2D eigenvalue weighted by molar-refractivity contribution is 5.90. The number of aromatic nitrogens is 2. The fourth-order valence-corrected chi connectivity index (χ4v) is 4.13. The summed E-state index contributed by atoms with van der Waals surface area (Å²) in [6, 6.07) is 10.1. The van der Waals surface area contributed by atoms with Crippen LogP contribution in [0.1, 0.15) is 49.3 Å². The molecule has 168 valence electrons. The highest BCUT2D eigenvalue weighted by Gasteiger charge is 2.28. The van der Waals surface area contributed by atoms with Crippen LogP contribution in [0.15, 0.2) is 41.2 Å². The molecule has 2 aromatic carbocycles. The van der Waals surface area contributed by atoms with Crippen molar-refractivity contribution in [3.63, 3.8) is 0 Å². The van der Waals surface area contributed by atoms with E-state index in [1.54, 1.807) is 16.8 Å². The van der Waals surface area contributed by atoms with Gasteiger partial charge in [0.1, 0.15) is 5.52 Å². The summed E-state index contributed by atoms with van der Waals surface area (Å²) in [5.41, 5.74) is 3.07. The first-order valence-corrected chi connectivity index (χ1v) is 10.8. The second kappa shape index (κ2) is 8.53. The molecular weight excluding hydrogens is 410 g/mol. The van der Waals surface area contributed by atoms with Crippen LogP contribution in [0.2, 0.25) is 0 Å². The number of amides is 1. The predicted molar refractivity (Wildman–Crippen MR) is 120 cm³/mol. The molecule has 4 rings (SSSR count).